The van der Waals surface area contributed by atoms with E-state index in [1.54, 1.807) is 15.5 Å². The first-order valence-corrected chi connectivity index (χ1v) is 11.6. The standard InChI is InChI=1S/C28H29N3O3/c1-4-18-30(26(32)19-34-22-13-6-5-7-14-22)21(3)27-29-24-16-10-9-15-23(24)28(33)31(27)25-17-11-8-12-20(25)2/h5-17,21H,4,18-19H2,1-3H3. The second-order valence-corrected chi connectivity index (χ2v) is 8.28. The van der Waals surface area contributed by atoms with Crippen molar-refractivity contribution >= 4 is 16.8 Å². The molecule has 0 N–H and O–H groups in total. The third-order valence-corrected chi connectivity index (χ3v) is 5.89. The van der Waals surface area contributed by atoms with E-state index in [2.05, 4.69) is 0 Å². The van der Waals surface area contributed by atoms with Crippen molar-refractivity contribution in [2.45, 2.75) is 33.2 Å². The van der Waals surface area contributed by atoms with Crippen LogP contribution in [0.3, 0.4) is 0 Å². The van der Waals surface area contributed by atoms with Crippen molar-refractivity contribution in [3.8, 4) is 11.4 Å². The smallest absolute Gasteiger partial charge is 0.266 e. The van der Waals surface area contributed by atoms with Gasteiger partial charge in [0.2, 0.25) is 0 Å². The van der Waals surface area contributed by atoms with Crippen LogP contribution in [0, 0.1) is 6.92 Å². The van der Waals surface area contributed by atoms with Crippen LogP contribution >= 0.6 is 0 Å². The Morgan fingerprint density at radius 3 is 2.41 bits per heavy atom. The summed E-state index contributed by atoms with van der Waals surface area (Å²) >= 11 is 0. The first-order valence-electron chi connectivity index (χ1n) is 11.6. The molecular weight excluding hydrogens is 426 g/mol. The SMILES string of the molecule is CCCN(C(=O)COc1ccccc1)C(C)c1nc2ccccc2c(=O)n1-c1ccccc1C. The number of amides is 1. The lowest BCUT2D eigenvalue weighted by atomic mass is 10.1. The van der Waals surface area contributed by atoms with Crippen LogP contribution in [0.1, 0.15) is 37.7 Å². The number of rotatable bonds is 8. The van der Waals surface area contributed by atoms with E-state index in [4.69, 9.17) is 9.72 Å². The third-order valence-electron chi connectivity index (χ3n) is 5.89. The maximum Gasteiger partial charge on any atom is 0.266 e. The Morgan fingerprint density at radius 2 is 1.68 bits per heavy atom. The minimum atomic E-state index is -0.441. The van der Waals surface area contributed by atoms with Crippen molar-refractivity contribution in [1.29, 1.82) is 0 Å². The zero-order chi connectivity index (χ0) is 24.1. The van der Waals surface area contributed by atoms with E-state index >= 15 is 0 Å². The van der Waals surface area contributed by atoms with Crippen LogP contribution in [0.15, 0.2) is 83.7 Å². The first-order chi connectivity index (χ1) is 16.5. The van der Waals surface area contributed by atoms with Crippen molar-refractivity contribution in [3.05, 3.63) is 101 Å². The molecule has 0 bridgehead atoms. The number of para-hydroxylation sites is 3. The van der Waals surface area contributed by atoms with Gasteiger partial charge in [-0.25, -0.2) is 4.98 Å². The largest absolute Gasteiger partial charge is 0.484 e. The van der Waals surface area contributed by atoms with Gasteiger partial charge >= 0.3 is 0 Å². The minimum Gasteiger partial charge on any atom is -0.484 e. The van der Waals surface area contributed by atoms with Crippen LogP contribution in [0.2, 0.25) is 0 Å². The second-order valence-electron chi connectivity index (χ2n) is 8.28. The molecule has 0 spiro atoms. The van der Waals surface area contributed by atoms with Crippen LogP contribution in [-0.2, 0) is 4.79 Å². The summed E-state index contributed by atoms with van der Waals surface area (Å²) < 4.78 is 7.38. The van der Waals surface area contributed by atoms with E-state index in [1.807, 2.05) is 93.6 Å². The molecule has 3 aromatic carbocycles. The number of fused-ring (bicyclic) bond motifs is 1. The molecule has 34 heavy (non-hydrogen) atoms. The van der Waals surface area contributed by atoms with E-state index in [1.165, 1.54) is 0 Å². The lowest BCUT2D eigenvalue weighted by Crippen LogP contribution is -2.40. The molecule has 0 radical (unpaired) electrons. The first kappa shape index (κ1) is 23.2. The van der Waals surface area contributed by atoms with Crippen LogP contribution in [0.5, 0.6) is 5.75 Å². The van der Waals surface area contributed by atoms with E-state index in [0.717, 1.165) is 17.7 Å². The van der Waals surface area contributed by atoms with Crippen molar-refractivity contribution in [2.75, 3.05) is 13.2 Å². The van der Waals surface area contributed by atoms with Crippen molar-refractivity contribution < 1.29 is 9.53 Å². The van der Waals surface area contributed by atoms with E-state index in [-0.39, 0.29) is 18.1 Å². The molecule has 4 aromatic rings. The number of benzene rings is 3. The molecule has 4 rings (SSSR count). The molecular formula is C28H29N3O3. The molecule has 1 heterocycles. The maximum absolute atomic E-state index is 13.7. The van der Waals surface area contributed by atoms with Gasteiger partial charge < -0.3 is 9.64 Å². The predicted octanol–water partition coefficient (Wildman–Crippen LogP) is 5.07. The Balaban J connectivity index is 1.78. The van der Waals surface area contributed by atoms with Crippen LogP contribution < -0.4 is 10.3 Å². The number of carbonyl (C=O) groups is 1. The lowest BCUT2D eigenvalue weighted by molar-refractivity contribution is -0.135. The zero-order valence-corrected chi connectivity index (χ0v) is 19.8. The van der Waals surface area contributed by atoms with Gasteiger partial charge in [0.25, 0.3) is 11.5 Å². The van der Waals surface area contributed by atoms with E-state index in [9.17, 15) is 9.59 Å². The third kappa shape index (κ3) is 4.71. The summed E-state index contributed by atoms with van der Waals surface area (Å²) in [6.45, 7) is 6.34. The average molecular weight is 456 g/mol. The molecule has 0 fully saturated rings. The molecule has 1 aromatic heterocycles. The summed E-state index contributed by atoms with van der Waals surface area (Å²) in [6.07, 6.45) is 0.767. The summed E-state index contributed by atoms with van der Waals surface area (Å²) in [6, 6.07) is 23.9. The number of ether oxygens (including phenoxy) is 1. The number of nitrogens with zero attached hydrogens (tertiary/aromatic N) is 3. The van der Waals surface area contributed by atoms with E-state index in [0.29, 0.717) is 29.0 Å². The Bertz CT molecular complexity index is 1350. The number of hydrogen-bond acceptors (Lipinski definition) is 4. The molecule has 1 amide bonds. The topological polar surface area (TPSA) is 64.4 Å². The van der Waals surface area contributed by atoms with Gasteiger partial charge in [0.1, 0.15) is 11.6 Å². The quantitative estimate of drug-likeness (QED) is 0.372. The Labute approximate surface area is 199 Å². The summed E-state index contributed by atoms with van der Waals surface area (Å²) in [5.41, 5.74) is 2.18. The highest BCUT2D eigenvalue weighted by Gasteiger charge is 2.27. The molecule has 0 aliphatic carbocycles. The second kappa shape index (κ2) is 10.3. The van der Waals surface area contributed by atoms with Gasteiger partial charge in [0.05, 0.1) is 22.6 Å². The molecule has 0 saturated carbocycles. The number of carbonyl (C=O) groups excluding carboxylic acids is 1. The maximum atomic E-state index is 13.7. The van der Waals surface area contributed by atoms with Gasteiger partial charge in [-0.05, 0) is 56.2 Å². The Hall–Kier alpha value is -3.93. The molecule has 0 saturated heterocycles. The molecule has 174 valence electrons. The van der Waals surface area contributed by atoms with Gasteiger partial charge in [-0.1, -0.05) is 55.5 Å². The van der Waals surface area contributed by atoms with Gasteiger partial charge in [0.15, 0.2) is 6.61 Å². The average Bonchev–Trinajstić information content (AvgIpc) is 2.86. The summed E-state index contributed by atoms with van der Waals surface area (Å²) in [7, 11) is 0. The lowest BCUT2D eigenvalue weighted by Gasteiger charge is -2.30. The monoisotopic (exact) mass is 455 g/mol. The van der Waals surface area contributed by atoms with Crippen molar-refractivity contribution in [1.82, 2.24) is 14.5 Å². The zero-order valence-electron chi connectivity index (χ0n) is 19.8. The molecule has 0 aliphatic rings. The van der Waals surface area contributed by atoms with Gasteiger partial charge in [-0.2, -0.15) is 0 Å². The summed E-state index contributed by atoms with van der Waals surface area (Å²) in [5, 5.41) is 0.544. The minimum absolute atomic E-state index is 0.0868. The summed E-state index contributed by atoms with van der Waals surface area (Å²) in [5.74, 6) is 1.01. The molecule has 1 unspecified atom stereocenters. The Morgan fingerprint density at radius 1 is 1.00 bits per heavy atom. The van der Waals surface area contributed by atoms with Crippen LogP contribution in [0.4, 0.5) is 0 Å². The van der Waals surface area contributed by atoms with Gasteiger partial charge in [-0.15, -0.1) is 0 Å². The molecule has 1 atom stereocenters. The highest BCUT2D eigenvalue weighted by atomic mass is 16.5. The molecule has 0 aliphatic heterocycles. The number of aromatic nitrogens is 2. The van der Waals surface area contributed by atoms with Crippen molar-refractivity contribution in [3.63, 3.8) is 0 Å². The summed E-state index contributed by atoms with van der Waals surface area (Å²) in [4.78, 5) is 33.6. The molecule has 6 nitrogen and oxygen atoms in total. The van der Waals surface area contributed by atoms with Gasteiger partial charge in [-0.3, -0.25) is 14.2 Å². The number of hydrogen-bond donors (Lipinski definition) is 0. The fourth-order valence-electron chi connectivity index (χ4n) is 4.14. The normalized spacial score (nSPS) is 11.9. The highest BCUT2D eigenvalue weighted by Crippen LogP contribution is 2.25. The Kier molecular flexibility index (Phi) is 7.07. The van der Waals surface area contributed by atoms with Crippen molar-refractivity contribution in [2.24, 2.45) is 0 Å². The molecule has 6 heteroatoms. The van der Waals surface area contributed by atoms with Crippen LogP contribution in [-0.4, -0.2) is 33.5 Å². The number of aryl methyl sites for hydroxylation is 1. The van der Waals surface area contributed by atoms with E-state index < -0.39 is 6.04 Å². The predicted molar refractivity (Wildman–Crippen MR) is 134 cm³/mol. The fourth-order valence-corrected chi connectivity index (χ4v) is 4.14. The van der Waals surface area contributed by atoms with Crippen LogP contribution in [0.25, 0.3) is 16.6 Å². The highest BCUT2D eigenvalue weighted by molar-refractivity contribution is 5.79. The van der Waals surface area contributed by atoms with Gasteiger partial charge in [0, 0.05) is 6.54 Å². The fraction of sp³-hybridized carbons (Fsp3) is 0.250.